The summed E-state index contributed by atoms with van der Waals surface area (Å²) >= 11 is 1.66. The molecule has 0 saturated carbocycles. The second-order valence-corrected chi connectivity index (χ2v) is 4.63. The number of nitrogens with one attached hydrogen (secondary N) is 1. The number of thiazole rings is 1. The van der Waals surface area contributed by atoms with Crippen molar-refractivity contribution in [1.29, 1.82) is 0 Å². The van der Waals surface area contributed by atoms with Crippen LogP contribution in [0.15, 0.2) is 23.8 Å². The van der Waals surface area contributed by atoms with Crippen molar-refractivity contribution in [3.63, 3.8) is 0 Å². The molecular formula is C11H16N4S. The van der Waals surface area contributed by atoms with Crippen molar-refractivity contribution in [3.05, 3.63) is 29.5 Å². The summed E-state index contributed by atoms with van der Waals surface area (Å²) in [7, 11) is 0. The Balaban J connectivity index is 1.89. The Hall–Kier alpha value is -1.36. The van der Waals surface area contributed by atoms with Crippen LogP contribution in [0, 0.1) is 0 Å². The van der Waals surface area contributed by atoms with Crippen LogP contribution in [0.3, 0.4) is 0 Å². The highest BCUT2D eigenvalue weighted by molar-refractivity contribution is 7.13. The Morgan fingerprint density at radius 1 is 1.56 bits per heavy atom. The summed E-state index contributed by atoms with van der Waals surface area (Å²) in [4.78, 5) is 4.48. The Morgan fingerprint density at radius 3 is 3.06 bits per heavy atom. The second-order valence-electron chi connectivity index (χ2n) is 3.77. The van der Waals surface area contributed by atoms with Crippen LogP contribution in [0.1, 0.15) is 19.5 Å². The topological polar surface area (TPSA) is 42.7 Å². The standard InChI is InChI=1S/C11H16N4S/c1-3-10-8-16-11(14-10)13-9(2)7-15-6-4-5-12-15/h4-6,8-9H,3,7H2,1-2H3,(H,13,14). The molecule has 4 nitrogen and oxygen atoms in total. The van der Waals surface area contributed by atoms with Crippen molar-refractivity contribution in [2.24, 2.45) is 0 Å². The first-order valence-electron chi connectivity index (χ1n) is 5.46. The van der Waals surface area contributed by atoms with Gasteiger partial charge in [-0.3, -0.25) is 4.68 Å². The third-order valence-electron chi connectivity index (χ3n) is 2.30. The molecule has 0 aliphatic rings. The second kappa shape index (κ2) is 5.12. The van der Waals surface area contributed by atoms with Crippen molar-refractivity contribution in [2.75, 3.05) is 5.32 Å². The fourth-order valence-electron chi connectivity index (χ4n) is 1.48. The SMILES string of the molecule is CCc1csc(NC(C)Cn2cccn2)n1. The van der Waals surface area contributed by atoms with E-state index >= 15 is 0 Å². The molecular weight excluding hydrogens is 220 g/mol. The van der Waals surface area contributed by atoms with E-state index in [1.807, 2.05) is 16.9 Å². The average Bonchev–Trinajstić information content (AvgIpc) is 2.89. The maximum absolute atomic E-state index is 4.48. The molecule has 2 aromatic rings. The van der Waals surface area contributed by atoms with Crippen LogP contribution in [0.4, 0.5) is 5.13 Å². The zero-order chi connectivity index (χ0) is 11.4. The van der Waals surface area contributed by atoms with E-state index in [-0.39, 0.29) is 0 Å². The third kappa shape index (κ3) is 2.82. The van der Waals surface area contributed by atoms with Crippen molar-refractivity contribution in [3.8, 4) is 0 Å². The first-order valence-corrected chi connectivity index (χ1v) is 6.34. The molecule has 0 radical (unpaired) electrons. The minimum Gasteiger partial charge on any atom is -0.357 e. The molecule has 1 N–H and O–H groups in total. The lowest BCUT2D eigenvalue weighted by molar-refractivity contribution is 0.560. The number of aryl methyl sites for hydroxylation is 1. The lowest BCUT2D eigenvalue weighted by Crippen LogP contribution is -2.22. The van der Waals surface area contributed by atoms with Gasteiger partial charge in [-0.05, 0) is 19.4 Å². The summed E-state index contributed by atoms with van der Waals surface area (Å²) in [5.74, 6) is 0. The fourth-order valence-corrected chi connectivity index (χ4v) is 2.39. The highest BCUT2D eigenvalue weighted by Crippen LogP contribution is 2.16. The summed E-state index contributed by atoms with van der Waals surface area (Å²) in [6.07, 6.45) is 4.76. The molecule has 0 fully saturated rings. The molecule has 0 amide bonds. The molecule has 16 heavy (non-hydrogen) atoms. The van der Waals surface area contributed by atoms with E-state index in [9.17, 15) is 0 Å². The highest BCUT2D eigenvalue weighted by atomic mass is 32.1. The zero-order valence-corrected chi connectivity index (χ0v) is 10.4. The number of nitrogens with zero attached hydrogens (tertiary/aromatic N) is 3. The van der Waals surface area contributed by atoms with Gasteiger partial charge in [0.1, 0.15) is 0 Å². The Kier molecular flexibility index (Phi) is 3.56. The molecule has 2 rings (SSSR count). The van der Waals surface area contributed by atoms with Gasteiger partial charge in [0.05, 0.1) is 12.2 Å². The number of hydrogen-bond acceptors (Lipinski definition) is 4. The Morgan fingerprint density at radius 2 is 2.44 bits per heavy atom. The summed E-state index contributed by atoms with van der Waals surface area (Å²) in [6, 6.07) is 2.27. The summed E-state index contributed by atoms with van der Waals surface area (Å²) in [5, 5.41) is 10.7. The van der Waals surface area contributed by atoms with Crippen molar-refractivity contribution < 1.29 is 0 Å². The van der Waals surface area contributed by atoms with E-state index < -0.39 is 0 Å². The molecule has 0 aliphatic carbocycles. The van der Waals surface area contributed by atoms with E-state index in [4.69, 9.17) is 0 Å². The summed E-state index contributed by atoms with van der Waals surface area (Å²) in [5.41, 5.74) is 1.15. The minimum absolute atomic E-state index is 0.329. The van der Waals surface area contributed by atoms with Gasteiger partial charge < -0.3 is 5.32 Å². The van der Waals surface area contributed by atoms with Crippen molar-refractivity contribution in [2.45, 2.75) is 32.9 Å². The number of hydrogen-bond donors (Lipinski definition) is 1. The van der Waals surface area contributed by atoms with Crippen molar-refractivity contribution in [1.82, 2.24) is 14.8 Å². The highest BCUT2D eigenvalue weighted by Gasteiger charge is 2.06. The van der Waals surface area contributed by atoms with Crippen LogP contribution < -0.4 is 5.32 Å². The van der Waals surface area contributed by atoms with E-state index in [1.54, 1.807) is 17.5 Å². The van der Waals surface area contributed by atoms with Crippen LogP contribution in [0.5, 0.6) is 0 Å². The van der Waals surface area contributed by atoms with Gasteiger partial charge in [0.15, 0.2) is 5.13 Å². The molecule has 2 aromatic heterocycles. The van der Waals surface area contributed by atoms with E-state index in [2.05, 4.69) is 34.6 Å². The molecule has 0 spiro atoms. The van der Waals surface area contributed by atoms with Gasteiger partial charge in [-0.1, -0.05) is 6.92 Å². The summed E-state index contributed by atoms with van der Waals surface area (Å²) in [6.45, 7) is 5.11. The zero-order valence-electron chi connectivity index (χ0n) is 9.55. The monoisotopic (exact) mass is 236 g/mol. The molecule has 0 aliphatic heterocycles. The van der Waals surface area contributed by atoms with Crippen LogP contribution in [0.25, 0.3) is 0 Å². The maximum atomic E-state index is 4.48. The predicted octanol–water partition coefficient (Wildman–Crippen LogP) is 2.40. The van der Waals surface area contributed by atoms with E-state index in [0.29, 0.717) is 6.04 Å². The maximum Gasteiger partial charge on any atom is 0.183 e. The minimum atomic E-state index is 0.329. The predicted molar refractivity (Wildman–Crippen MR) is 66.8 cm³/mol. The Labute approximate surface area is 99.3 Å². The molecule has 1 atom stereocenters. The first kappa shape index (κ1) is 11.1. The molecule has 0 aromatic carbocycles. The van der Waals surface area contributed by atoms with Crippen LogP contribution >= 0.6 is 11.3 Å². The third-order valence-corrected chi connectivity index (χ3v) is 3.13. The fraction of sp³-hybridized carbons (Fsp3) is 0.455. The molecule has 1 unspecified atom stereocenters. The van der Waals surface area contributed by atoms with Gasteiger partial charge in [0.2, 0.25) is 0 Å². The number of rotatable bonds is 5. The van der Waals surface area contributed by atoms with Gasteiger partial charge in [0, 0.05) is 23.8 Å². The molecule has 0 bridgehead atoms. The molecule has 0 saturated heterocycles. The Bertz CT molecular complexity index is 421. The lowest BCUT2D eigenvalue weighted by Gasteiger charge is -2.12. The smallest absolute Gasteiger partial charge is 0.183 e. The van der Waals surface area contributed by atoms with Crippen molar-refractivity contribution >= 4 is 16.5 Å². The van der Waals surface area contributed by atoms with Crippen LogP contribution in [0.2, 0.25) is 0 Å². The van der Waals surface area contributed by atoms with Crippen LogP contribution in [-0.4, -0.2) is 20.8 Å². The van der Waals surface area contributed by atoms with Gasteiger partial charge in [-0.15, -0.1) is 11.3 Å². The largest absolute Gasteiger partial charge is 0.357 e. The normalized spacial score (nSPS) is 12.6. The number of aromatic nitrogens is 3. The summed E-state index contributed by atoms with van der Waals surface area (Å²) < 4.78 is 1.92. The average molecular weight is 236 g/mol. The van der Waals surface area contributed by atoms with Gasteiger partial charge in [0.25, 0.3) is 0 Å². The van der Waals surface area contributed by atoms with Gasteiger partial charge >= 0.3 is 0 Å². The molecule has 2 heterocycles. The quantitative estimate of drug-likeness (QED) is 0.867. The first-order chi connectivity index (χ1) is 7.78. The van der Waals surface area contributed by atoms with E-state index in [0.717, 1.165) is 23.8 Å². The van der Waals surface area contributed by atoms with Crippen LogP contribution in [-0.2, 0) is 13.0 Å². The van der Waals surface area contributed by atoms with Gasteiger partial charge in [-0.25, -0.2) is 4.98 Å². The number of anilines is 1. The molecule has 86 valence electrons. The van der Waals surface area contributed by atoms with Gasteiger partial charge in [-0.2, -0.15) is 5.10 Å². The molecule has 5 heteroatoms. The lowest BCUT2D eigenvalue weighted by atomic mass is 10.3. The van der Waals surface area contributed by atoms with E-state index in [1.165, 1.54) is 0 Å².